The van der Waals surface area contributed by atoms with Gasteiger partial charge in [-0.2, -0.15) is 0 Å². The molecule has 1 fully saturated rings. The summed E-state index contributed by atoms with van der Waals surface area (Å²) in [5.41, 5.74) is 1.03. The van der Waals surface area contributed by atoms with E-state index in [1.54, 1.807) is 19.1 Å². The predicted octanol–water partition coefficient (Wildman–Crippen LogP) is 3.09. The van der Waals surface area contributed by atoms with Crippen LogP contribution in [0.3, 0.4) is 0 Å². The van der Waals surface area contributed by atoms with E-state index in [1.807, 2.05) is 11.8 Å². The van der Waals surface area contributed by atoms with Gasteiger partial charge in [-0.1, -0.05) is 31.4 Å². The molecule has 2 atom stereocenters. The lowest BCUT2D eigenvalue weighted by atomic mass is 9.82. The number of halogens is 1. The molecule has 1 heterocycles. The molecule has 1 rings (SSSR count). The van der Waals surface area contributed by atoms with Gasteiger partial charge in [-0.3, -0.25) is 4.79 Å². The van der Waals surface area contributed by atoms with Gasteiger partial charge in [0.05, 0.1) is 0 Å². The zero-order chi connectivity index (χ0) is 17.3. The monoisotopic (exact) mass is 320 g/mol. The average Bonchev–Trinajstić information content (AvgIpc) is 2.94. The number of hydrogen-bond acceptors (Lipinski definition) is 2. The van der Waals surface area contributed by atoms with Crippen molar-refractivity contribution in [3.63, 3.8) is 0 Å². The van der Waals surface area contributed by atoms with Crippen molar-refractivity contribution in [3.8, 4) is 12.3 Å². The Hall–Kier alpha value is -1.60. The summed E-state index contributed by atoms with van der Waals surface area (Å²) in [6, 6.07) is 0.0500. The lowest BCUT2D eigenvalue weighted by Gasteiger charge is -2.31. The number of carbonyl (C=O) groups is 1. The van der Waals surface area contributed by atoms with Crippen LogP contribution in [0.1, 0.15) is 40.0 Å². The van der Waals surface area contributed by atoms with Crippen molar-refractivity contribution in [2.45, 2.75) is 46.1 Å². The number of nitrogens with one attached hydrogen (secondary N) is 1. The molecule has 0 aromatic heterocycles. The number of nitrogens with zero attached hydrogens (tertiary/aromatic N) is 1. The minimum absolute atomic E-state index is 0.0500. The first-order valence-electron chi connectivity index (χ1n) is 8.35. The number of allylic oxidation sites excluding steroid dienone is 2. The highest BCUT2D eigenvalue weighted by atomic mass is 19.1. The number of hydrogen-bond donors (Lipinski definition) is 1. The molecule has 3 nitrogen and oxygen atoms in total. The van der Waals surface area contributed by atoms with Crippen LogP contribution in [-0.4, -0.2) is 43.2 Å². The minimum Gasteiger partial charge on any atom is -0.342 e. The lowest BCUT2D eigenvalue weighted by Crippen LogP contribution is -2.41. The van der Waals surface area contributed by atoms with Crippen molar-refractivity contribution in [3.05, 3.63) is 23.8 Å². The zero-order valence-electron chi connectivity index (χ0n) is 14.6. The lowest BCUT2D eigenvalue weighted by molar-refractivity contribution is -0.128. The Bertz CT molecular complexity index is 492. The normalized spacial score (nSPS) is 23.3. The standard InChI is InChI=1S/C19H29FN2O/c1-5-8-18(9-7-12-20)16(3)21-14-19(10-6-2)11-13-22(15-19)17(4)23/h1,7-9,16,21H,6,10-15H2,2-4H3/b9-7-,18-8+. The third-order valence-corrected chi connectivity index (χ3v) is 4.60. The van der Waals surface area contributed by atoms with Gasteiger partial charge >= 0.3 is 0 Å². The Balaban J connectivity index is 2.72. The molecule has 0 aliphatic carbocycles. The Kier molecular flexibility index (Phi) is 8.05. The first-order valence-corrected chi connectivity index (χ1v) is 8.35. The molecule has 0 aromatic carbocycles. The van der Waals surface area contributed by atoms with Crippen molar-refractivity contribution >= 4 is 5.91 Å². The van der Waals surface area contributed by atoms with Gasteiger partial charge in [0.1, 0.15) is 6.67 Å². The maximum absolute atomic E-state index is 12.3. The van der Waals surface area contributed by atoms with Crippen LogP contribution >= 0.6 is 0 Å². The van der Waals surface area contributed by atoms with Gasteiger partial charge in [0.15, 0.2) is 0 Å². The highest BCUT2D eigenvalue weighted by Crippen LogP contribution is 2.35. The second-order valence-corrected chi connectivity index (χ2v) is 6.41. The quantitative estimate of drug-likeness (QED) is 0.550. The van der Waals surface area contributed by atoms with E-state index in [0.29, 0.717) is 0 Å². The number of carbonyl (C=O) groups excluding carboxylic acids is 1. The summed E-state index contributed by atoms with van der Waals surface area (Å²) in [5, 5.41) is 3.53. The molecule has 1 aliphatic heterocycles. The first kappa shape index (κ1) is 19.4. The number of alkyl halides is 1. The molecule has 4 heteroatoms. The molecular formula is C19H29FN2O. The van der Waals surface area contributed by atoms with Crippen LogP contribution in [0.25, 0.3) is 0 Å². The maximum atomic E-state index is 12.3. The fourth-order valence-electron chi connectivity index (χ4n) is 3.25. The Morgan fingerprint density at radius 1 is 1.57 bits per heavy atom. The molecule has 1 N–H and O–H groups in total. The van der Waals surface area contributed by atoms with E-state index in [2.05, 4.69) is 18.2 Å². The van der Waals surface area contributed by atoms with E-state index in [9.17, 15) is 9.18 Å². The van der Waals surface area contributed by atoms with Crippen LogP contribution in [0.2, 0.25) is 0 Å². The van der Waals surface area contributed by atoms with Crippen LogP contribution in [0, 0.1) is 17.8 Å². The summed E-state index contributed by atoms with van der Waals surface area (Å²) >= 11 is 0. The van der Waals surface area contributed by atoms with Gasteiger partial charge in [0, 0.05) is 38.0 Å². The molecule has 23 heavy (non-hydrogen) atoms. The van der Waals surface area contributed by atoms with Gasteiger partial charge in [-0.05, 0) is 31.4 Å². The summed E-state index contributed by atoms with van der Waals surface area (Å²) in [6.07, 6.45) is 13.4. The fourth-order valence-corrected chi connectivity index (χ4v) is 3.25. The van der Waals surface area contributed by atoms with Crippen LogP contribution < -0.4 is 5.32 Å². The largest absolute Gasteiger partial charge is 0.342 e. The molecule has 0 saturated carbocycles. The highest BCUT2D eigenvalue weighted by Gasteiger charge is 2.38. The van der Waals surface area contributed by atoms with E-state index in [1.165, 1.54) is 6.08 Å². The summed E-state index contributed by atoms with van der Waals surface area (Å²) in [5.74, 6) is 2.66. The topological polar surface area (TPSA) is 32.3 Å². The summed E-state index contributed by atoms with van der Waals surface area (Å²) < 4.78 is 12.3. The predicted molar refractivity (Wildman–Crippen MR) is 93.7 cm³/mol. The van der Waals surface area contributed by atoms with Crippen LogP contribution in [0.4, 0.5) is 4.39 Å². The number of terminal acetylenes is 1. The first-order chi connectivity index (χ1) is 11.0. The van der Waals surface area contributed by atoms with E-state index >= 15 is 0 Å². The maximum Gasteiger partial charge on any atom is 0.219 e. The van der Waals surface area contributed by atoms with E-state index in [4.69, 9.17) is 6.42 Å². The van der Waals surface area contributed by atoms with E-state index < -0.39 is 6.67 Å². The average molecular weight is 320 g/mol. The number of rotatable bonds is 8. The van der Waals surface area contributed by atoms with Crippen molar-refractivity contribution in [1.82, 2.24) is 10.2 Å². The molecule has 0 radical (unpaired) electrons. The number of likely N-dealkylation sites (tertiary alicyclic amines) is 1. The summed E-state index contributed by atoms with van der Waals surface area (Å²) in [4.78, 5) is 13.6. The molecular weight excluding hydrogens is 291 g/mol. The van der Waals surface area contributed by atoms with E-state index in [-0.39, 0.29) is 17.4 Å². The molecule has 0 aromatic rings. The van der Waals surface area contributed by atoms with Gasteiger partial charge in [0.2, 0.25) is 5.91 Å². The molecule has 1 saturated heterocycles. The van der Waals surface area contributed by atoms with Gasteiger partial charge < -0.3 is 10.2 Å². The van der Waals surface area contributed by atoms with Crippen LogP contribution in [0.5, 0.6) is 0 Å². The smallest absolute Gasteiger partial charge is 0.219 e. The van der Waals surface area contributed by atoms with Crippen molar-refractivity contribution in [1.29, 1.82) is 0 Å². The van der Waals surface area contributed by atoms with Crippen molar-refractivity contribution in [2.75, 3.05) is 26.3 Å². The van der Waals surface area contributed by atoms with Gasteiger partial charge in [-0.15, -0.1) is 6.42 Å². The van der Waals surface area contributed by atoms with Gasteiger partial charge in [0.25, 0.3) is 0 Å². The number of amides is 1. The molecule has 2 unspecified atom stereocenters. The van der Waals surface area contributed by atoms with Crippen molar-refractivity contribution in [2.24, 2.45) is 5.41 Å². The molecule has 0 spiro atoms. The Morgan fingerprint density at radius 3 is 2.83 bits per heavy atom. The van der Waals surface area contributed by atoms with Crippen LogP contribution in [0.15, 0.2) is 23.8 Å². The third kappa shape index (κ3) is 5.84. The van der Waals surface area contributed by atoms with Crippen molar-refractivity contribution < 1.29 is 9.18 Å². The summed E-state index contributed by atoms with van der Waals surface area (Å²) in [6.45, 7) is 7.82. The van der Waals surface area contributed by atoms with E-state index in [0.717, 1.165) is 44.5 Å². The second-order valence-electron chi connectivity index (χ2n) is 6.41. The molecule has 128 valence electrons. The molecule has 1 aliphatic rings. The minimum atomic E-state index is -0.498. The Labute approximate surface area is 140 Å². The SMILES string of the molecule is C#C/C=C(\C=C/CF)C(C)NCC1(CCC)CCN(C(C)=O)C1. The fraction of sp³-hybridized carbons (Fsp3) is 0.632. The van der Waals surface area contributed by atoms with Crippen LogP contribution in [-0.2, 0) is 4.79 Å². The van der Waals surface area contributed by atoms with Gasteiger partial charge in [-0.25, -0.2) is 4.39 Å². The third-order valence-electron chi connectivity index (χ3n) is 4.60. The Morgan fingerprint density at radius 2 is 2.30 bits per heavy atom. The highest BCUT2D eigenvalue weighted by molar-refractivity contribution is 5.73. The summed E-state index contributed by atoms with van der Waals surface area (Å²) in [7, 11) is 0. The zero-order valence-corrected chi connectivity index (χ0v) is 14.6. The molecule has 1 amide bonds. The second kappa shape index (κ2) is 9.52. The molecule has 0 bridgehead atoms.